The molecular weight excluding hydrogens is 286 g/mol. The van der Waals surface area contributed by atoms with E-state index in [0.29, 0.717) is 12.4 Å². The van der Waals surface area contributed by atoms with Gasteiger partial charge < -0.3 is 4.57 Å². The molecule has 0 saturated heterocycles. The quantitative estimate of drug-likeness (QED) is 0.653. The van der Waals surface area contributed by atoms with E-state index < -0.39 is 0 Å². The SMILES string of the molecule is O=c1ccn(CCCCc2nc(CCl)cs2)c(=O)[nH]1. The number of nitrogens with one attached hydrogen (secondary N) is 1. The first-order valence-corrected chi connectivity index (χ1v) is 7.39. The maximum Gasteiger partial charge on any atom is 0.328 e. The number of aromatic amines is 1. The zero-order chi connectivity index (χ0) is 13.7. The van der Waals surface area contributed by atoms with Gasteiger partial charge in [0.2, 0.25) is 0 Å². The first-order chi connectivity index (χ1) is 9.19. The smallest absolute Gasteiger partial charge is 0.301 e. The lowest BCUT2D eigenvalue weighted by Crippen LogP contribution is -2.28. The fourth-order valence-electron chi connectivity index (χ4n) is 1.70. The zero-order valence-electron chi connectivity index (χ0n) is 10.3. The average molecular weight is 300 g/mol. The first kappa shape index (κ1) is 14.0. The van der Waals surface area contributed by atoms with Crippen LogP contribution in [-0.4, -0.2) is 14.5 Å². The number of nitrogens with zero attached hydrogens (tertiary/aromatic N) is 2. The van der Waals surface area contributed by atoms with Crippen molar-refractivity contribution in [1.29, 1.82) is 0 Å². The van der Waals surface area contributed by atoms with Crippen molar-refractivity contribution in [3.8, 4) is 0 Å². The van der Waals surface area contributed by atoms with Crippen LogP contribution in [0.25, 0.3) is 0 Å². The molecule has 0 bridgehead atoms. The van der Waals surface area contributed by atoms with Gasteiger partial charge in [-0.1, -0.05) is 0 Å². The van der Waals surface area contributed by atoms with Gasteiger partial charge in [0.1, 0.15) is 0 Å². The van der Waals surface area contributed by atoms with Crippen LogP contribution in [0.4, 0.5) is 0 Å². The van der Waals surface area contributed by atoms with Crippen LogP contribution in [0.2, 0.25) is 0 Å². The lowest BCUT2D eigenvalue weighted by Gasteiger charge is -2.03. The largest absolute Gasteiger partial charge is 0.328 e. The van der Waals surface area contributed by atoms with Crippen LogP contribution < -0.4 is 11.2 Å². The highest BCUT2D eigenvalue weighted by atomic mass is 35.5. The van der Waals surface area contributed by atoms with Crippen LogP contribution in [-0.2, 0) is 18.8 Å². The number of rotatable bonds is 6. The average Bonchev–Trinajstić information content (AvgIpc) is 2.84. The van der Waals surface area contributed by atoms with Crippen LogP contribution in [0, 0.1) is 0 Å². The Bertz CT molecular complexity index is 647. The zero-order valence-corrected chi connectivity index (χ0v) is 11.8. The minimum atomic E-state index is -0.363. The molecule has 0 atom stereocenters. The third-order valence-electron chi connectivity index (χ3n) is 2.67. The molecule has 19 heavy (non-hydrogen) atoms. The predicted molar refractivity (Wildman–Crippen MR) is 75.9 cm³/mol. The molecular formula is C12H14ClN3O2S. The molecule has 102 valence electrons. The normalized spacial score (nSPS) is 10.8. The maximum atomic E-state index is 11.4. The number of aryl methyl sites for hydroxylation is 2. The summed E-state index contributed by atoms with van der Waals surface area (Å²) in [6.45, 7) is 0.601. The Labute approximate surface area is 118 Å². The van der Waals surface area contributed by atoms with E-state index in [-0.39, 0.29) is 11.2 Å². The van der Waals surface area contributed by atoms with E-state index in [9.17, 15) is 9.59 Å². The molecule has 5 nitrogen and oxygen atoms in total. The number of thiazole rings is 1. The van der Waals surface area contributed by atoms with Gasteiger partial charge in [0.25, 0.3) is 5.56 Å². The molecule has 2 aromatic heterocycles. The fraction of sp³-hybridized carbons (Fsp3) is 0.417. The number of H-pyrrole nitrogens is 1. The second-order valence-corrected chi connectivity index (χ2v) is 5.34. The van der Waals surface area contributed by atoms with Gasteiger partial charge in [-0.05, 0) is 19.3 Å². The van der Waals surface area contributed by atoms with E-state index in [2.05, 4.69) is 9.97 Å². The van der Waals surface area contributed by atoms with E-state index in [4.69, 9.17) is 11.6 Å². The summed E-state index contributed by atoms with van der Waals surface area (Å²) in [6, 6.07) is 1.36. The number of halogens is 1. The van der Waals surface area contributed by atoms with Gasteiger partial charge in [-0.15, -0.1) is 22.9 Å². The molecule has 2 heterocycles. The summed E-state index contributed by atoms with van der Waals surface area (Å²) in [6.07, 6.45) is 4.22. The van der Waals surface area contributed by atoms with E-state index in [0.717, 1.165) is 30.0 Å². The van der Waals surface area contributed by atoms with Crippen LogP contribution in [0.3, 0.4) is 0 Å². The molecule has 0 amide bonds. The van der Waals surface area contributed by atoms with Gasteiger partial charge >= 0.3 is 5.69 Å². The molecule has 0 spiro atoms. The standard InChI is InChI=1S/C12H14ClN3O2S/c13-7-9-8-19-11(14-9)3-1-2-5-16-6-4-10(17)15-12(16)18/h4,6,8H,1-3,5,7H2,(H,15,17,18). The molecule has 0 aliphatic carbocycles. The molecule has 0 radical (unpaired) electrons. The monoisotopic (exact) mass is 299 g/mol. The Kier molecular flexibility index (Phi) is 4.93. The third-order valence-corrected chi connectivity index (χ3v) is 3.90. The van der Waals surface area contributed by atoms with Crippen LogP contribution in [0.5, 0.6) is 0 Å². The number of alkyl halides is 1. The number of unbranched alkanes of at least 4 members (excludes halogenated alkanes) is 1. The molecule has 2 aromatic rings. The summed E-state index contributed by atoms with van der Waals surface area (Å²) in [5, 5.41) is 3.04. The van der Waals surface area contributed by atoms with Crippen LogP contribution >= 0.6 is 22.9 Å². The van der Waals surface area contributed by atoms with Gasteiger partial charge in [-0.3, -0.25) is 9.78 Å². The lowest BCUT2D eigenvalue weighted by atomic mass is 10.2. The summed E-state index contributed by atoms with van der Waals surface area (Å²) in [5.41, 5.74) is 0.197. The molecule has 0 fully saturated rings. The molecule has 0 aliphatic rings. The molecule has 0 aliphatic heterocycles. The topological polar surface area (TPSA) is 67.8 Å². The summed E-state index contributed by atoms with van der Waals surface area (Å²) >= 11 is 7.30. The van der Waals surface area contributed by atoms with Gasteiger partial charge in [-0.2, -0.15) is 0 Å². The van der Waals surface area contributed by atoms with E-state index in [1.807, 2.05) is 5.38 Å². The van der Waals surface area contributed by atoms with Crippen molar-refractivity contribution < 1.29 is 0 Å². The van der Waals surface area contributed by atoms with Gasteiger partial charge in [0.15, 0.2) is 0 Å². The lowest BCUT2D eigenvalue weighted by molar-refractivity contribution is 0.579. The minimum Gasteiger partial charge on any atom is -0.301 e. The van der Waals surface area contributed by atoms with Crippen LogP contribution in [0.1, 0.15) is 23.5 Å². The van der Waals surface area contributed by atoms with Crippen molar-refractivity contribution in [1.82, 2.24) is 14.5 Å². The van der Waals surface area contributed by atoms with Crippen molar-refractivity contribution >= 4 is 22.9 Å². The Morgan fingerprint density at radius 3 is 2.89 bits per heavy atom. The van der Waals surface area contributed by atoms with E-state index in [1.165, 1.54) is 16.8 Å². The number of aromatic nitrogens is 3. The molecule has 0 unspecified atom stereocenters. The second kappa shape index (κ2) is 6.68. The Morgan fingerprint density at radius 2 is 2.21 bits per heavy atom. The van der Waals surface area contributed by atoms with Gasteiger partial charge in [-0.25, -0.2) is 9.78 Å². The molecule has 2 rings (SSSR count). The third kappa shape index (κ3) is 4.04. The molecule has 0 aromatic carbocycles. The van der Waals surface area contributed by atoms with Crippen molar-refractivity contribution in [3.63, 3.8) is 0 Å². The summed E-state index contributed by atoms with van der Waals surface area (Å²) in [5.74, 6) is 0.448. The van der Waals surface area contributed by atoms with Crippen molar-refractivity contribution in [2.75, 3.05) is 0 Å². The Morgan fingerprint density at radius 1 is 1.37 bits per heavy atom. The fourth-order valence-corrected chi connectivity index (χ4v) is 2.77. The van der Waals surface area contributed by atoms with Crippen molar-refractivity contribution in [3.05, 3.63) is 49.2 Å². The number of hydrogen-bond donors (Lipinski definition) is 1. The minimum absolute atomic E-state index is 0.355. The number of hydrogen-bond acceptors (Lipinski definition) is 4. The molecule has 7 heteroatoms. The highest BCUT2D eigenvalue weighted by Gasteiger charge is 2.01. The molecule has 1 N–H and O–H groups in total. The van der Waals surface area contributed by atoms with Gasteiger partial charge in [0.05, 0.1) is 16.6 Å². The highest BCUT2D eigenvalue weighted by Crippen LogP contribution is 2.14. The van der Waals surface area contributed by atoms with Crippen molar-refractivity contribution in [2.24, 2.45) is 0 Å². The second-order valence-electron chi connectivity index (χ2n) is 4.13. The maximum absolute atomic E-state index is 11.4. The van der Waals surface area contributed by atoms with Crippen molar-refractivity contribution in [2.45, 2.75) is 31.7 Å². The highest BCUT2D eigenvalue weighted by molar-refractivity contribution is 7.09. The predicted octanol–water partition coefficient (Wildman–Crippen LogP) is 1.75. The Hall–Kier alpha value is -1.40. The Balaban J connectivity index is 1.80. The first-order valence-electron chi connectivity index (χ1n) is 5.98. The molecule has 0 saturated carbocycles. The van der Waals surface area contributed by atoms with E-state index >= 15 is 0 Å². The van der Waals surface area contributed by atoms with Gasteiger partial charge in [0, 0.05) is 24.2 Å². The summed E-state index contributed by atoms with van der Waals surface area (Å²) < 4.78 is 1.51. The summed E-state index contributed by atoms with van der Waals surface area (Å²) in [7, 11) is 0. The van der Waals surface area contributed by atoms with E-state index in [1.54, 1.807) is 11.3 Å². The summed E-state index contributed by atoms with van der Waals surface area (Å²) in [4.78, 5) is 28.9. The van der Waals surface area contributed by atoms with Crippen LogP contribution in [0.15, 0.2) is 27.2 Å².